The fraction of sp³-hybridized carbons (Fsp3) is 0.371. The van der Waals surface area contributed by atoms with Crippen LogP contribution in [0.2, 0.25) is 0 Å². The van der Waals surface area contributed by atoms with Crippen LogP contribution in [0.4, 0.5) is 15.9 Å². The largest absolute Gasteiger partial charge is 0.473 e. The molecule has 2 aliphatic rings. The minimum atomic E-state index is -0.575. The summed E-state index contributed by atoms with van der Waals surface area (Å²) in [6, 6.07) is 15.5. The number of aromatic nitrogens is 3. The number of fused-ring (bicyclic) bond motifs is 1. The van der Waals surface area contributed by atoms with Crippen LogP contribution in [0.1, 0.15) is 55.4 Å². The first kappa shape index (κ1) is 30.3. The lowest BCUT2D eigenvalue weighted by Crippen LogP contribution is -2.32. The van der Waals surface area contributed by atoms with E-state index in [1.807, 2.05) is 45.0 Å². The van der Waals surface area contributed by atoms with Gasteiger partial charge in [0.1, 0.15) is 29.7 Å². The van der Waals surface area contributed by atoms with E-state index in [2.05, 4.69) is 25.4 Å². The Labute approximate surface area is 262 Å². The summed E-state index contributed by atoms with van der Waals surface area (Å²) in [5, 5.41) is 0. The van der Waals surface area contributed by atoms with Crippen molar-refractivity contribution in [2.45, 2.75) is 64.9 Å². The smallest absolute Gasteiger partial charge is 0.338 e. The summed E-state index contributed by atoms with van der Waals surface area (Å²) >= 11 is 0. The molecule has 0 N–H and O–H groups in total. The Bertz CT molecular complexity index is 1800. The van der Waals surface area contributed by atoms with E-state index in [1.54, 1.807) is 24.3 Å². The SMILES string of the molecule is [C-]#[N+]c1ccc(COc2cccc(N3CC=C(Cc4nc5ccc(C(=O)OC(C)(C)C)cc5n4C[C@@H]4CCO4)CC3)n2)c(F)c1. The van der Waals surface area contributed by atoms with Crippen molar-refractivity contribution < 1.29 is 23.4 Å². The molecular weight excluding hydrogens is 573 g/mol. The summed E-state index contributed by atoms with van der Waals surface area (Å²) in [5.41, 5.74) is 3.60. The van der Waals surface area contributed by atoms with Gasteiger partial charge in [0.2, 0.25) is 5.88 Å². The van der Waals surface area contributed by atoms with Crippen LogP contribution in [0, 0.1) is 12.4 Å². The molecule has 2 aromatic heterocycles. The molecule has 4 aromatic rings. The number of anilines is 1. The van der Waals surface area contributed by atoms with E-state index < -0.39 is 11.4 Å². The topological polar surface area (TPSA) is 83.1 Å². The number of pyridine rings is 1. The summed E-state index contributed by atoms with van der Waals surface area (Å²) < 4.78 is 33.6. The van der Waals surface area contributed by atoms with Gasteiger partial charge in [0.25, 0.3) is 0 Å². The Morgan fingerprint density at radius 1 is 1.16 bits per heavy atom. The van der Waals surface area contributed by atoms with E-state index in [1.165, 1.54) is 11.6 Å². The highest BCUT2D eigenvalue weighted by molar-refractivity contribution is 5.94. The van der Waals surface area contributed by atoms with Gasteiger partial charge in [-0.3, -0.25) is 0 Å². The molecule has 1 saturated heterocycles. The van der Waals surface area contributed by atoms with Crippen molar-refractivity contribution in [2.24, 2.45) is 0 Å². The molecule has 6 rings (SSSR count). The lowest BCUT2D eigenvalue weighted by molar-refractivity contribution is -0.0589. The average molecular weight is 610 g/mol. The second kappa shape index (κ2) is 12.7. The van der Waals surface area contributed by atoms with Crippen LogP contribution in [-0.2, 0) is 29.0 Å². The number of halogens is 1. The van der Waals surface area contributed by atoms with E-state index in [0.717, 1.165) is 48.7 Å². The number of benzene rings is 2. The van der Waals surface area contributed by atoms with Crippen molar-refractivity contribution in [3.8, 4) is 5.88 Å². The molecule has 4 heterocycles. The molecule has 45 heavy (non-hydrogen) atoms. The lowest BCUT2D eigenvalue weighted by atomic mass is 10.0. The third-order valence-electron chi connectivity index (χ3n) is 7.90. The van der Waals surface area contributed by atoms with E-state index in [4.69, 9.17) is 25.8 Å². The maximum Gasteiger partial charge on any atom is 0.338 e. The van der Waals surface area contributed by atoms with Gasteiger partial charge in [-0.2, -0.15) is 4.98 Å². The van der Waals surface area contributed by atoms with Crippen molar-refractivity contribution in [3.05, 3.63) is 100 Å². The molecule has 2 aliphatic heterocycles. The molecule has 0 unspecified atom stereocenters. The minimum Gasteiger partial charge on any atom is -0.473 e. The van der Waals surface area contributed by atoms with Gasteiger partial charge in [0.05, 0.1) is 35.8 Å². The highest BCUT2D eigenvalue weighted by atomic mass is 19.1. The first-order chi connectivity index (χ1) is 21.6. The average Bonchev–Trinajstić information content (AvgIpc) is 3.33. The Morgan fingerprint density at radius 2 is 2.00 bits per heavy atom. The van der Waals surface area contributed by atoms with Gasteiger partial charge in [-0.25, -0.2) is 19.0 Å². The normalized spacial score (nSPS) is 16.6. The number of carbonyl (C=O) groups is 1. The molecule has 1 fully saturated rings. The summed E-state index contributed by atoms with van der Waals surface area (Å²) in [5.74, 6) is 1.33. The molecule has 0 radical (unpaired) electrons. The quantitative estimate of drug-likeness (QED) is 0.117. The second-order valence-corrected chi connectivity index (χ2v) is 12.4. The first-order valence-electron chi connectivity index (χ1n) is 15.2. The zero-order valence-electron chi connectivity index (χ0n) is 25.8. The van der Waals surface area contributed by atoms with Gasteiger partial charge < -0.3 is 23.7 Å². The number of esters is 1. The number of ether oxygens (including phenoxy) is 3. The number of hydrogen-bond acceptors (Lipinski definition) is 7. The van der Waals surface area contributed by atoms with E-state index >= 15 is 0 Å². The summed E-state index contributed by atoms with van der Waals surface area (Å²) in [7, 11) is 0. The van der Waals surface area contributed by atoms with Crippen molar-refractivity contribution in [2.75, 3.05) is 24.6 Å². The van der Waals surface area contributed by atoms with Crippen LogP contribution in [-0.4, -0.2) is 51.9 Å². The number of carbonyl (C=O) groups excluding carboxylic acids is 1. The predicted octanol–water partition coefficient (Wildman–Crippen LogP) is 6.82. The third kappa shape index (κ3) is 7.15. The maximum atomic E-state index is 14.3. The van der Waals surface area contributed by atoms with Crippen LogP contribution in [0.15, 0.2) is 66.2 Å². The Kier molecular flexibility index (Phi) is 8.55. The lowest BCUT2D eigenvalue weighted by Gasteiger charge is -2.29. The van der Waals surface area contributed by atoms with Crippen LogP contribution >= 0.6 is 0 Å². The summed E-state index contributed by atoms with van der Waals surface area (Å²) in [6.45, 7) is 15.6. The minimum absolute atomic E-state index is 0.0246. The van der Waals surface area contributed by atoms with Crippen LogP contribution in [0.3, 0.4) is 0 Å². The number of hydrogen-bond donors (Lipinski definition) is 0. The highest BCUT2D eigenvalue weighted by Crippen LogP contribution is 2.27. The van der Waals surface area contributed by atoms with Crippen LogP contribution in [0.5, 0.6) is 5.88 Å². The van der Waals surface area contributed by atoms with Gasteiger partial charge in [-0.1, -0.05) is 29.8 Å². The zero-order valence-corrected chi connectivity index (χ0v) is 25.8. The summed E-state index contributed by atoms with van der Waals surface area (Å²) in [6.07, 6.45) is 4.91. The van der Waals surface area contributed by atoms with E-state index in [0.29, 0.717) is 36.5 Å². The fourth-order valence-corrected chi connectivity index (χ4v) is 5.43. The molecule has 2 aromatic carbocycles. The van der Waals surface area contributed by atoms with Gasteiger partial charge >= 0.3 is 5.97 Å². The Morgan fingerprint density at radius 3 is 2.69 bits per heavy atom. The maximum absolute atomic E-state index is 14.3. The van der Waals surface area contributed by atoms with Gasteiger partial charge in [-0.15, -0.1) is 0 Å². The molecule has 10 heteroatoms. The van der Waals surface area contributed by atoms with Gasteiger partial charge in [0, 0.05) is 37.7 Å². The number of rotatable bonds is 9. The highest BCUT2D eigenvalue weighted by Gasteiger charge is 2.25. The van der Waals surface area contributed by atoms with E-state index in [-0.39, 0.29) is 24.4 Å². The number of imidazole rings is 1. The van der Waals surface area contributed by atoms with Crippen LogP contribution in [0.25, 0.3) is 15.9 Å². The molecule has 0 saturated carbocycles. The van der Waals surface area contributed by atoms with Crippen molar-refractivity contribution in [1.29, 1.82) is 0 Å². The molecule has 9 nitrogen and oxygen atoms in total. The first-order valence-corrected chi connectivity index (χ1v) is 15.2. The second-order valence-electron chi connectivity index (χ2n) is 12.4. The predicted molar refractivity (Wildman–Crippen MR) is 169 cm³/mol. The fourth-order valence-electron chi connectivity index (χ4n) is 5.43. The molecule has 0 amide bonds. The van der Waals surface area contributed by atoms with Gasteiger partial charge in [-0.05, 0) is 63.9 Å². The molecule has 0 spiro atoms. The molecule has 0 bridgehead atoms. The zero-order chi connectivity index (χ0) is 31.6. The van der Waals surface area contributed by atoms with Crippen molar-refractivity contribution >= 4 is 28.5 Å². The van der Waals surface area contributed by atoms with Crippen molar-refractivity contribution in [3.63, 3.8) is 0 Å². The monoisotopic (exact) mass is 609 g/mol. The standard InChI is InChI=1S/C35H36FN5O4/c1-35(2,3)45-34(42)24-9-11-29-30(19-24)41(21-27-14-17-43-27)32(38-29)18-23-12-15-40(16-13-23)31-6-5-7-33(39-31)44-22-25-8-10-26(37-4)20-28(25)36/h5-12,19-20,27H,13-18,21-22H2,1-3H3/t27-/m0/s1. The van der Waals surface area contributed by atoms with E-state index in [9.17, 15) is 9.18 Å². The Balaban J connectivity index is 1.15. The third-order valence-corrected chi connectivity index (χ3v) is 7.90. The van der Waals surface area contributed by atoms with Crippen molar-refractivity contribution in [1.82, 2.24) is 14.5 Å². The van der Waals surface area contributed by atoms with Gasteiger partial charge in [0.15, 0.2) is 5.69 Å². The van der Waals surface area contributed by atoms with Crippen LogP contribution < -0.4 is 9.64 Å². The Hall–Kier alpha value is -4.75. The molecule has 1 atom stereocenters. The summed E-state index contributed by atoms with van der Waals surface area (Å²) in [4.78, 5) is 27.9. The molecule has 0 aliphatic carbocycles. The molecule has 232 valence electrons. The molecular formula is C35H36FN5O4. The number of nitrogens with zero attached hydrogens (tertiary/aromatic N) is 5.